The number of aliphatic carboxylic acids is 1. The normalized spacial score (nSPS) is 11.5. The molecule has 0 fully saturated rings. The van der Waals surface area contributed by atoms with Gasteiger partial charge in [0, 0.05) is 19.3 Å². The van der Waals surface area contributed by atoms with Crippen molar-refractivity contribution in [3.05, 3.63) is 52.3 Å². The van der Waals surface area contributed by atoms with Crippen molar-refractivity contribution in [3.63, 3.8) is 0 Å². The number of benzene rings is 1. The van der Waals surface area contributed by atoms with Crippen LogP contribution in [0.2, 0.25) is 0 Å². The zero-order valence-corrected chi connectivity index (χ0v) is 14.5. The maximum absolute atomic E-state index is 12.8. The van der Waals surface area contributed by atoms with E-state index in [1.165, 1.54) is 16.8 Å². The zero-order chi connectivity index (χ0) is 19.6. The van der Waals surface area contributed by atoms with E-state index >= 15 is 0 Å². The molecule has 9 heteroatoms. The molecule has 0 radical (unpaired) electrons. The van der Waals surface area contributed by atoms with E-state index in [1.807, 2.05) is 0 Å². The summed E-state index contributed by atoms with van der Waals surface area (Å²) in [4.78, 5) is 25.0. The van der Waals surface area contributed by atoms with Crippen LogP contribution in [0.15, 0.2) is 24.3 Å². The van der Waals surface area contributed by atoms with Gasteiger partial charge in [-0.25, -0.2) is 0 Å². The summed E-state index contributed by atoms with van der Waals surface area (Å²) < 4.78 is 39.4. The molecule has 0 aliphatic heterocycles. The van der Waals surface area contributed by atoms with Crippen LogP contribution in [0, 0.1) is 13.8 Å². The lowest BCUT2D eigenvalue weighted by molar-refractivity contribution is -0.138. The quantitative estimate of drug-likeness (QED) is 0.879. The van der Waals surface area contributed by atoms with Crippen LogP contribution < -0.4 is 0 Å². The van der Waals surface area contributed by atoms with E-state index in [0.29, 0.717) is 22.5 Å². The average Bonchev–Trinajstić information content (AvgIpc) is 2.78. The third-order valence-corrected chi connectivity index (χ3v) is 3.99. The number of carbonyl (C=O) groups is 2. The standard InChI is InChI=1S/C17H18F3N3O3/c1-10-15(11(2)22(3)21-10)16(26)23(9-14(24)25)8-12-4-6-13(7-5-12)17(18,19)20/h4-7H,8-9H2,1-3H3,(H,24,25). The Balaban J connectivity index is 2.30. The first-order valence-corrected chi connectivity index (χ1v) is 7.68. The molecule has 1 heterocycles. The molecule has 140 valence electrons. The predicted molar refractivity (Wildman–Crippen MR) is 86.5 cm³/mol. The Morgan fingerprint density at radius 1 is 1.19 bits per heavy atom. The smallest absolute Gasteiger partial charge is 0.416 e. The molecule has 0 bridgehead atoms. The van der Waals surface area contributed by atoms with Crippen LogP contribution in [0.25, 0.3) is 0 Å². The van der Waals surface area contributed by atoms with Gasteiger partial charge in [-0.1, -0.05) is 12.1 Å². The van der Waals surface area contributed by atoms with Crippen LogP contribution in [0.4, 0.5) is 13.2 Å². The number of amides is 1. The number of hydrogen-bond donors (Lipinski definition) is 1. The first kappa shape index (κ1) is 19.5. The summed E-state index contributed by atoms with van der Waals surface area (Å²) in [6, 6.07) is 4.26. The molecule has 0 spiro atoms. The molecular formula is C17H18F3N3O3. The Kier molecular flexibility index (Phi) is 5.38. The SMILES string of the molecule is Cc1nn(C)c(C)c1C(=O)N(CC(=O)O)Cc1ccc(C(F)(F)F)cc1. The number of carboxylic acids is 1. The first-order valence-electron chi connectivity index (χ1n) is 7.68. The van der Waals surface area contributed by atoms with E-state index in [1.54, 1.807) is 20.9 Å². The number of carbonyl (C=O) groups excluding carboxylic acids is 1. The van der Waals surface area contributed by atoms with Crippen LogP contribution in [0.1, 0.15) is 32.9 Å². The lowest BCUT2D eigenvalue weighted by atomic mass is 10.1. The number of aromatic nitrogens is 2. The average molecular weight is 369 g/mol. The number of rotatable bonds is 5. The molecule has 1 aromatic carbocycles. The van der Waals surface area contributed by atoms with Gasteiger partial charge in [0.1, 0.15) is 6.54 Å². The van der Waals surface area contributed by atoms with Gasteiger partial charge >= 0.3 is 12.1 Å². The van der Waals surface area contributed by atoms with Crippen LogP contribution in [-0.4, -0.2) is 38.2 Å². The Bertz CT molecular complexity index is 826. The highest BCUT2D eigenvalue weighted by Crippen LogP contribution is 2.29. The Morgan fingerprint density at radius 3 is 2.19 bits per heavy atom. The van der Waals surface area contributed by atoms with E-state index in [0.717, 1.165) is 17.0 Å². The van der Waals surface area contributed by atoms with Crippen LogP contribution in [0.3, 0.4) is 0 Å². The molecule has 0 saturated carbocycles. The zero-order valence-electron chi connectivity index (χ0n) is 14.5. The van der Waals surface area contributed by atoms with Crippen molar-refractivity contribution in [1.29, 1.82) is 0 Å². The van der Waals surface area contributed by atoms with E-state index in [-0.39, 0.29) is 6.54 Å². The number of nitrogens with zero attached hydrogens (tertiary/aromatic N) is 3. The second-order valence-electron chi connectivity index (χ2n) is 5.92. The molecule has 0 aliphatic rings. The maximum atomic E-state index is 12.8. The van der Waals surface area contributed by atoms with Gasteiger partial charge in [0.2, 0.25) is 0 Å². The van der Waals surface area contributed by atoms with Gasteiger partial charge in [-0.05, 0) is 31.5 Å². The molecule has 26 heavy (non-hydrogen) atoms. The van der Waals surface area contributed by atoms with Crippen molar-refractivity contribution in [2.45, 2.75) is 26.6 Å². The molecule has 1 aromatic heterocycles. The van der Waals surface area contributed by atoms with Gasteiger partial charge in [0.15, 0.2) is 0 Å². The fourth-order valence-corrected chi connectivity index (χ4v) is 2.62. The molecule has 1 N–H and O–H groups in total. The number of alkyl halides is 3. The fourth-order valence-electron chi connectivity index (χ4n) is 2.62. The summed E-state index contributed by atoms with van der Waals surface area (Å²) in [6.07, 6.45) is -4.46. The molecule has 0 aliphatic carbocycles. The summed E-state index contributed by atoms with van der Waals surface area (Å²) in [5.74, 6) is -1.75. The molecule has 0 atom stereocenters. The third-order valence-electron chi connectivity index (χ3n) is 3.99. The Morgan fingerprint density at radius 2 is 1.77 bits per heavy atom. The highest BCUT2D eigenvalue weighted by Gasteiger charge is 2.30. The fraction of sp³-hybridized carbons (Fsp3) is 0.353. The van der Waals surface area contributed by atoms with Crippen LogP contribution in [0.5, 0.6) is 0 Å². The van der Waals surface area contributed by atoms with Crippen LogP contribution in [-0.2, 0) is 24.6 Å². The van der Waals surface area contributed by atoms with Gasteiger partial charge in [-0.3, -0.25) is 14.3 Å². The largest absolute Gasteiger partial charge is 0.480 e. The van der Waals surface area contributed by atoms with E-state index < -0.39 is 30.2 Å². The van der Waals surface area contributed by atoms with Crippen molar-refractivity contribution in [2.75, 3.05) is 6.54 Å². The van der Waals surface area contributed by atoms with E-state index in [2.05, 4.69) is 5.10 Å². The van der Waals surface area contributed by atoms with Crippen molar-refractivity contribution < 1.29 is 27.9 Å². The topological polar surface area (TPSA) is 75.4 Å². The van der Waals surface area contributed by atoms with Gasteiger partial charge in [-0.15, -0.1) is 0 Å². The van der Waals surface area contributed by atoms with E-state index in [4.69, 9.17) is 5.11 Å². The lowest BCUT2D eigenvalue weighted by Crippen LogP contribution is -2.35. The van der Waals surface area contributed by atoms with Gasteiger partial charge in [-0.2, -0.15) is 18.3 Å². The Hall–Kier alpha value is -2.84. The Labute approximate surface area is 147 Å². The predicted octanol–water partition coefficient (Wildman–Crippen LogP) is 2.78. The summed E-state index contributed by atoms with van der Waals surface area (Å²) >= 11 is 0. The van der Waals surface area contributed by atoms with Crippen molar-refractivity contribution in [1.82, 2.24) is 14.7 Å². The molecule has 0 unspecified atom stereocenters. The highest BCUT2D eigenvalue weighted by molar-refractivity contribution is 5.97. The third kappa shape index (κ3) is 4.22. The van der Waals surface area contributed by atoms with Crippen molar-refractivity contribution in [2.24, 2.45) is 7.05 Å². The minimum absolute atomic E-state index is 0.128. The second kappa shape index (κ2) is 7.19. The monoisotopic (exact) mass is 369 g/mol. The molecule has 2 aromatic rings. The lowest BCUT2D eigenvalue weighted by Gasteiger charge is -2.21. The molecule has 0 saturated heterocycles. The minimum Gasteiger partial charge on any atom is -0.480 e. The second-order valence-corrected chi connectivity index (χ2v) is 5.92. The molecular weight excluding hydrogens is 351 g/mol. The minimum atomic E-state index is -4.46. The van der Waals surface area contributed by atoms with Gasteiger partial charge in [0.25, 0.3) is 5.91 Å². The highest BCUT2D eigenvalue weighted by atomic mass is 19.4. The molecule has 2 rings (SSSR count). The maximum Gasteiger partial charge on any atom is 0.416 e. The van der Waals surface area contributed by atoms with Crippen molar-refractivity contribution in [3.8, 4) is 0 Å². The van der Waals surface area contributed by atoms with Crippen molar-refractivity contribution >= 4 is 11.9 Å². The number of hydrogen-bond acceptors (Lipinski definition) is 3. The summed E-state index contributed by atoms with van der Waals surface area (Å²) in [6.45, 7) is 2.62. The number of aryl methyl sites for hydroxylation is 2. The summed E-state index contributed by atoms with van der Waals surface area (Å²) in [5, 5.41) is 13.2. The van der Waals surface area contributed by atoms with E-state index in [9.17, 15) is 22.8 Å². The first-order chi connectivity index (χ1) is 12.0. The summed E-state index contributed by atoms with van der Waals surface area (Å²) in [7, 11) is 1.66. The molecule has 1 amide bonds. The van der Waals surface area contributed by atoms with Gasteiger partial charge in [0.05, 0.1) is 16.8 Å². The number of halogens is 3. The van der Waals surface area contributed by atoms with Gasteiger partial charge < -0.3 is 10.0 Å². The number of carboxylic acid groups (broad SMARTS) is 1. The van der Waals surface area contributed by atoms with Crippen LogP contribution >= 0.6 is 0 Å². The molecule has 6 nitrogen and oxygen atoms in total. The summed E-state index contributed by atoms with van der Waals surface area (Å²) in [5.41, 5.74) is 0.914.